The van der Waals surface area contributed by atoms with Crippen LogP contribution in [0.15, 0.2) is 0 Å². The number of rotatable bonds is 3. The van der Waals surface area contributed by atoms with Gasteiger partial charge in [-0.3, -0.25) is 0 Å². The molecule has 1 saturated heterocycles. The summed E-state index contributed by atoms with van der Waals surface area (Å²) < 4.78 is 66.2. The van der Waals surface area contributed by atoms with Crippen molar-refractivity contribution < 1.29 is 31.5 Å². The lowest BCUT2D eigenvalue weighted by Crippen LogP contribution is -2.34. The molecule has 106 valence electrons. The second-order valence-electron chi connectivity index (χ2n) is 4.30. The van der Waals surface area contributed by atoms with E-state index < -0.39 is 37.3 Å². The third-order valence-corrected chi connectivity index (χ3v) is 2.69. The first-order chi connectivity index (χ1) is 8.15. The van der Waals surface area contributed by atoms with Crippen molar-refractivity contribution in [1.82, 2.24) is 4.90 Å². The fraction of sp³-hybridized carbons (Fsp3) is 0.900. The second-order valence-corrected chi connectivity index (χ2v) is 4.30. The molecule has 1 unspecified atom stereocenters. The number of carbonyl (C=O) groups is 1. The highest BCUT2D eigenvalue weighted by Gasteiger charge is 2.49. The Morgan fingerprint density at radius 3 is 2.56 bits per heavy atom. The van der Waals surface area contributed by atoms with E-state index in [1.54, 1.807) is 6.92 Å². The van der Waals surface area contributed by atoms with Crippen LogP contribution in [-0.2, 0) is 4.74 Å². The fourth-order valence-corrected chi connectivity index (χ4v) is 1.87. The Hall–Kier alpha value is -1.08. The van der Waals surface area contributed by atoms with Crippen molar-refractivity contribution in [1.29, 1.82) is 0 Å². The number of likely N-dealkylation sites (tertiary alicyclic amines) is 1. The van der Waals surface area contributed by atoms with Crippen LogP contribution in [0.5, 0.6) is 0 Å². The van der Waals surface area contributed by atoms with Crippen LogP contribution in [0.2, 0.25) is 0 Å². The maximum atomic E-state index is 13.4. The first-order valence-electron chi connectivity index (χ1n) is 5.52. The van der Waals surface area contributed by atoms with Crippen LogP contribution >= 0.6 is 0 Å². The molecule has 0 radical (unpaired) electrons. The zero-order valence-electron chi connectivity index (χ0n) is 9.77. The number of halogens is 5. The molecule has 1 aliphatic heterocycles. The molecule has 1 heterocycles. The fourth-order valence-electron chi connectivity index (χ4n) is 1.87. The second kappa shape index (κ2) is 5.27. The Morgan fingerprint density at radius 2 is 2.06 bits per heavy atom. The monoisotopic (exact) mass is 275 g/mol. The summed E-state index contributed by atoms with van der Waals surface area (Å²) in [5.74, 6) is -4.08. The summed E-state index contributed by atoms with van der Waals surface area (Å²) in [4.78, 5) is 11.8. The van der Waals surface area contributed by atoms with Crippen LogP contribution < -0.4 is 0 Å². The molecule has 0 aromatic heterocycles. The van der Waals surface area contributed by atoms with Crippen LogP contribution in [0.25, 0.3) is 0 Å². The van der Waals surface area contributed by atoms with E-state index in [2.05, 4.69) is 4.74 Å². The molecule has 0 aromatic rings. The molecule has 3 nitrogen and oxygen atoms in total. The van der Waals surface area contributed by atoms with E-state index in [9.17, 15) is 26.7 Å². The number of nitrogens with zero attached hydrogens (tertiary/aromatic N) is 1. The largest absolute Gasteiger partial charge is 0.440 e. The topological polar surface area (TPSA) is 29.5 Å². The van der Waals surface area contributed by atoms with E-state index in [1.165, 1.54) is 0 Å². The summed E-state index contributed by atoms with van der Waals surface area (Å²) in [6.45, 7) is -1.18. The summed E-state index contributed by atoms with van der Waals surface area (Å²) in [5.41, 5.74) is 0. The minimum Gasteiger partial charge on any atom is -0.440 e. The predicted molar refractivity (Wildman–Crippen MR) is 52.3 cm³/mol. The number of ether oxygens (including phenoxy) is 1. The van der Waals surface area contributed by atoms with Gasteiger partial charge < -0.3 is 9.64 Å². The molecule has 18 heavy (non-hydrogen) atoms. The number of hydrogen-bond donors (Lipinski definition) is 0. The Labute approximate surface area is 101 Å². The van der Waals surface area contributed by atoms with E-state index in [4.69, 9.17) is 0 Å². The minimum absolute atomic E-state index is 0.218. The zero-order chi connectivity index (χ0) is 14.0. The molecule has 1 rings (SSSR count). The van der Waals surface area contributed by atoms with Crippen molar-refractivity contribution in [2.45, 2.75) is 31.9 Å². The molecule has 0 aromatic carbocycles. The van der Waals surface area contributed by atoms with Crippen LogP contribution in [0.3, 0.4) is 0 Å². The Kier molecular flexibility index (Phi) is 4.39. The van der Waals surface area contributed by atoms with Crippen LogP contribution in [0.1, 0.15) is 19.8 Å². The average molecular weight is 275 g/mol. The smallest absolute Gasteiger partial charge is 0.422 e. The lowest BCUT2D eigenvalue weighted by Gasteiger charge is -2.16. The summed E-state index contributed by atoms with van der Waals surface area (Å²) in [6.07, 6.45) is -5.26. The van der Waals surface area contributed by atoms with Gasteiger partial charge >= 0.3 is 12.3 Å². The molecule has 0 spiro atoms. The quantitative estimate of drug-likeness (QED) is 0.741. The predicted octanol–water partition coefficient (Wildman–Crippen LogP) is 3.05. The van der Waals surface area contributed by atoms with E-state index in [1.807, 2.05) is 0 Å². The van der Waals surface area contributed by atoms with Crippen molar-refractivity contribution in [3.63, 3.8) is 0 Å². The summed E-state index contributed by atoms with van der Waals surface area (Å²) in [7, 11) is 0. The van der Waals surface area contributed by atoms with Crippen LogP contribution in [0.4, 0.5) is 26.7 Å². The highest BCUT2D eigenvalue weighted by Crippen LogP contribution is 2.36. The molecule has 8 heteroatoms. The van der Waals surface area contributed by atoms with E-state index in [0.717, 1.165) is 0 Å². The lowest BCUT2D eigenvalue weighted by molar-refractivity contribution is -0.162. The average Bonchev–Trinajstić information content (AvgIpc) is 2.51. The molecule has 0 saturated carbocycles. The van der Waals surface area contributed by atoms with Gasteiger partial charge in [-0.15, -0.1) is 0 Å². The van der Waals surface area contributed by atoms with Crippen molar-refractivity contribution in [3.05, 3.63) is 0 Å². The molecular formula is C10H14F5NO2. The highest BCUT2D eigenvalue weighted by molar-refractivity contribution is 5.68. The lowest BCUT2D eigenvalue weighted by atomic mass is 10.00. The molecule has 0 aliphatic carbocycles. The minimum atomic E-state index is -4.65. The summed E-state index contributed by atoms with van der Waals surface area (Å²) in [5, 5.41) is 0. The standard InChI is InChI=1S/C10H14F5NO2/c1-2-3-7-4-16(5-9(7,11)12)8(17)18-6-10(13,14)15/h7H,2-6H2,1H3. The summed E-state index contributed by atoms with van der Waals surface area (Å²) in [6, 6.07) is 0. The Morgan fingerprint density at radius 1 is 1.44 bits per heavy atom. The number of carbonyl (C=O) groups excluding carboxylic acids is 1. The Balaban J connectivity index is 2.52. The Bertz CT molecular complexity index is 305. The van der Waals surface area contributed by atoms with Crippen LogP contribution in [-0.4, -0.2) is 42.8 Å². The first kappa shape index (κ1) is 15.0. The SMILES string of the molecule is CCCC1CN(C(=O)OCC(F)(F)F)CC1(F)F. The van der Waals surface area contributed by atoms with Gasteiger partial charge in [0.2, 0.25) is 0 Å². The van der Waals surface area contributed by atoms with Crippen molar-refractivity contribution in [2.75, 3.05) is 19.7 Å². The maximum absolute atomic E-state index is 13.4. The molecule has 1 atom stereocenters. The number of hydrogen-bond acceptors (Lipinski definition) is 2. The third kappa shape index (κ3) is 3.99. The van der Waals surface area contributed by atoms with Crippen molar-refractivity contribution >= 4 is 6.09 Å². The molecule has 1 aliphatic rings. The van der Waals surface area contributed by atoms with E-state index in [0.29, 0.717) is 11.3 Å². The van der Waals surface area contributed by atoms with Crippen LogP contribution in [0, 0.1) is 5.92 Å². The van der Waals surface area contributed by atoms with Gasteiger partial charge in [-0.1, -0.05) is 13.3 Å². The van der Waals surface area contributed by atoms with Gasteiger partial charge in [0.05, 0.1) is 6.54 Å². The molecular weight excluding hydrogens is 261 g/mol. The van der Waals surface area contributed by atoms with Gasteiger partial charge in [-0.2, -0.15) is 13.2 Å². The van der Waals surface area contributed by atoms with Crippen molar-refractivity contribution in [3.8, 4) is 0 Å². The van der Waals surface area contributed by atoms with Gasteiger partial charge in [-0.05, 0) is 6.42 Å². The van der Waals surface area contributed by atoms with E-state index in [-0.39, 0.29) is 13.0 Å². The third-order valence-electron chi connectivity index (χ3n) is 2.69. The first-order valence-corrected chi connectivity index (χ1v) is 5.52. The zero-order valence-corrected chi connectivity index (χ0v) is 9.77. The number of alkyl halides is 5. The van der Waals surface area contributed by atoms with E-state index >= 15 is 0 Å². The van der Waals surface area contributed by atoms with Gasteiger partial charge in [0, 0.05) is 12.5 Å². The normalized spacial score (nSPS) is 23.2. The highest BCUT2D eigenvalue weighted by atomic mass is 19.4. The van der Waals surface area contributed by atoms with Crippen molar-refractivity contribution in [2.24, 2.45) is 5.92 Å². The van der Waals surface area contributed by atoms with Gasteiger partial charge in [0.15, 0.2) is 6.61 Å². The maximum Gasteiger partial charge on any atom is 0.422 e. The van der Waals surface area contributed by atoms with Gasteiger partial charge in [0.1, 0.15) is 0 Å². The molecule has 0 bridgehead atoms. The van der Waals surface area contributed by atoms with Gasteiger partial charge in [0.25, 0.3) is 5.92 Å². The number of amides is 1. The summed E-state index contributed by atoms with van der Waals surface area (Å²) >= 11 is 0. The molecule has 0 N–H and O–H groups in total. The molecule has 1 amide bonds. The van der Waals surface area contributed by atoms with Gasteiger partial charge in [-0.25, -0.2) is 13.6 Å². The molecule has 1 fully saturated rings.